The molecular weight excluding hydrogens is 597 g/mol. The summed E-state index contributed by atoms with van der Waals surface area (Å²) in [5.41, 5.74) is -0.540. The normalized spacial score (nSPS) is 14.9. The van der Waals surface area contributed by atoms with E-state index in [1.54, 1.807) is 18.2 Å². The van der Waals surface area contributed by atoms with Crippen LogP contribution in [0.15, 0.2) is 64.4 Å². The zero-order valence-corrected chi connectivity index (χ0v) is 23.9. The minimum atomic E-state index is -4.54. The molecule has 11 nitrogen and oxygen atoms in total. The molecule has 1 fully saturated rings. The van der Waals surface area contributed by atoms with Gasteiger partial charge in [-0.05, 0) is 60.9 Å². The Kier molecular flexibility index (Phi) is 7.27. The molecule has 0 unspecified atom stereocenters. The van der Waals surface area contributed by atoms with Gasteiger partial charge in [-0.15, -0.1) is 0 Å². The molecule has 16 heteroatoms. The van der Waals surface area contributed by atoms with Crippen LogP contribution in [0.1, 0.15) is 18.4 Å². The predicted molar refractivity (Wildman–Crippen MR) is 149 cm³/mol. The lowest BCUT2D eigenvalue weighted by Crippen LogP contribution is -2.39. The number of fused-ring (bicyclic) bond motifs is 1. The van der Waals surface area contributed by atoms with Crippen molar-refractivity contribution in [1.82, 2.24) is 15.0 Å². The number of sulfonamides is 1. The molecule has 0 spiro atoms. The molecule has 0 amide bonds. The lowest BCUT2D eigenvalue weighted by atomic mass is 10.1. The molecule has 0 radical (unpaired) electrons. The Morgan fingerprint density at radius 1 is 0.976 bits per heavy atom. The number of aromatic nitrogens is 3. The fourth-order valence-electron chi connectivity index (χ4n) is 4.28. The van der Waals surface area contributed by atoms with Crippen LogP contribution < -0.4 is 20.5 Å². The van der Waals surface area contributed by atoms with Crippen molar-refractivity contribution in [2.24, 2.45) is 5.14 Å². The Hall–Kier alpha value is -4.02. The predicted octanol–water partition coefficient (Wildman–Crippen LogP) is 3.87. The van der Waals surface area contributed by atoms with Crippen molar-refractivity contribution in [2.45, 2.75) is 40.9 Å². The van der Waals surface area contributed by atoms with Gasteiger partial charge >= 0.3 is 6.18 Å². The smallest absolute Gasteiger partial charge is 0.411 e. The first kappa shape index (κ1) is 29.5. The van der Waals surface area contributed by atoms with Crippen LogP contribution in [0.3, 0.4) is 0 Å². The number of nitrogens with two attached hydrogens (primary N) is 1. The molecule has 4 N–H and O–H groups in total. The standard InChI is InChI=1S/C26H25F3N6O5S2/c1-40-20-10-5-16(13-21(20)41(2,36)37)18-8-9-19-22(32-18)23(35-25(11-12-25)26(27,28)29)34-24(33-19)31-14-15-3-6-17(7-4-15)42(30,38)39/h3-10,13H,11-12,14H2,1-2H3,(H2,30,38,39)(H2,31,33,34,35). The van der Waals surface area contributed by atoms with Crippen molar-refractivity contribution in [3.05, 3.63) is 60.2 Å². The van der Waals surface area contributed by atoms with Crippen molar-refractivity contribution in [3.63, 3.8) is 0 Å². The summed E-state index contributed by atoms with van der Waals surface area (Å²) >= 11 is 0. The molecule has 0 bridgehead atoms. The van der Waals surface area contributed by atoms with Gasteiger partial charge in [0.15, 0.2) is 15.7 Å². The fraction of sp³-hybridized carbons (Fsp3) is 0.269. The first-order chi connectivity index (χ1) is 19.6. The lowest BCUT2D eigenvalue weighted by Gasteiger charge is -2.22. The number of hydrogen-bond donors (Lipinski definition) is 3. The average molecular weight is 623 g/mol. The van der Waals surface area contributed by atoms with E-state index < -0.39 is 31.6 Å². The second kappa shape index (κ2) is 10.4. The third kappa shape index (κ3) is 5.96. The van der Waals surface area contributed by atoms with Gasteiger partial charge in [0.05, 0.1) is 23.2 Å². The van der Waals surface area contributed by atoms with Crippen molar-refractivity contribution >= 4 is 42.7 Å². The number of methoxy groups -OCH3 is 1. The second-order valence-corrected chi connectivity index (χ2v) is 13.4. The average Bonchev–Trinajstić information content (AvgIpc) is 3.72. The first-order valence-electron chi connectivity index (χ1n) is 12.4. The summed E-state index contributed by atoms with van der Waals surface area (Å²) in [5.74, 6) is 0.000965. The summed E-state index contributed by atoms with van der Waals surface area (Å²) in [6.07, 6.45) is -3.79. The van der Waals surface area contributed by atoms with Crippen LogP contribution in [0.25, 0.3) is 22.3 Å². The van der Waals surface area contributed by atoms with Gasteiger partial charge in [-0.2, -0.15) is 18.2 Å². The molecule has 42 heavy (non-hydrogen) atoms. The molecule has 0 aliphatic heterocycles. The highest BCUT2D eigenvalue weighted by Crippen LogP contribution is 2.51. The van der Waals surface area contributed by atoms with Crippen LogP contribution in [0, 0.1) is 0 Å². The molecule has 222 valence electrons. The lowest BCUT2D eigenvalue weighted by molar-refractivity contribution is -0.151. The van der Waals surface area contributed by atoms with Crippen LogP contribution in [0.4, 0.5) is 24.9 Å². The van der Waals surface area contributed by atoms with E-state index in [0.29, 0.717) is 11.1 Å². The molecular formula is C26H25F3N6O5S2. The van der Waals surface area contributed by atoms with Crippen molar-refractivity contribution in [1.29, 1.82) is 0 Å². The van der Waals surface area contributed by atoms with Gasteiger partial charge in [-0.25, -0.2) is 31.9 Å². The quantitative estimate of drug-likeness (QED) is 0.249. The molecule has 2 heterocycles. The maximum atomic E-state index is 13.9. The van der Waals surface area contributed by atoms with E-state index >= 15 is 0 Å². The number of nitrogens with one attached hydrogen (secondary N) is 2. The largest absolute Gasteiger partial charge is 0.495 e. The maximum absolute atomic E-state index is 13.9. The summed E-state index contributed by atoms with van der Waals surface area (Å²) in [6, 6.07) is 13.3. The Balaban J connectivity index is 1.54. The maximum Gasteiger partial charge on any atom is 0.411 e. The Morgan fingerprint density at radius 2 is 1.67 bits per heavy atom. The highest BCUT2D eigenvalue weighted by Gasteiger charge is 2.64. The summed E-state index contributed by atoms with van der Waals surface area (Å²) < 4.78 is 94.4. The van der Waals surface area contributed by atoms with Crippen LogP contribution in [-0.2, 0) is 26.4 Å². The van der Waals surface area contributed by atoms with E-state index in [-0.39, 0.29) is 63.4 Å². The zero-order chi connectivity index (χ0) is 30.5. The number of alkyl halides is 3. The van der Waals surface area contributed by atoms with Crippen molar-refractivity contribution in [2.75, 3.05) is 24.0 Å². The van der Waals surface area contributed by atoms with E-state index in [2.05, 4.69) is 25.6 Å². The van der Waals surface area contributed by atoms with Crippen LogP contribution in [-0.4, -0.2) is 56.9 Å². The van der Waals surface area contributed by atoms with Crippen LogP contribution in [0.5, 0.6) is 5.75 Å². The number of ether oxygens (including phenoxy) is 1. The third-order valence-electron chi connectivity index (χ3n) is 6.75. The molecule has 1 aliphatic rings. The number of sulfone groups is 1. The van der Waals surface area contributed by atoms with Gasteiger partial charge in [0.2, 0.25) is 16.0 Å². The minimum Gasteiger partial charge on any atom is -0.495 e. The van der Waals surface area contributed by atoms with Gasteiger partial charge < -0.3 is 15.4 Å². The SMILES string of the molecule is COc1ccc(-c2ccc3nc(NCc4ccc(S(N)(=O)=O)cc4)nc(NC4(C(F)(F)F)CC4)c3n2)cc1S(C)(=O)=O. The molecule has 2 aromatic heterocycles. The van der Waals surface area contributed by atoms with Gasteiger partial charge in [0.25, 0.3) is 0 Å². The Bertz CT molecular complexity index is 1900. The second-order valence-electron chi connectivity index (χ2n) is 9.85. The number of anilines is 2. The number of benzene rings is 2. The topological polar surface area (TPSA) is 166 Å². The van der Waals surface area contributed by atoms with E-state index in [4.69, 9.17) is 9.88 Å². The molecule has 5 rings (SSSR count). The first-order valence-corrected chi connectivity index (χ1v) is 15.8. The van der Waals surface area contributed by atoms with Gasteiger partial charge in [-0.3, -0.25) is 0 Å². The fourth-order valence-corrected chi connectivity index (χ4v) is 5.65. The number of rotatable bonds is 9. The molecule has 0 atom stereocenters. The van der Waals surface area contributed by atoms with Crippen LogP contribution in [0.2, 0.25) is 0 Å². The van der Waals surface area contributed by atoms with E-state index in [0.717, 1.165) is 6.26 Å². The molecule has 1 aliphatic carbocycles. The number of primary sulfonamides is 1. The van der Waals surface area contributed by atoms with Crippen molar-refractivity contribution in [3.8, 4) is 17.0 Å². The van der Waals surface area contributed by atoms with Gasteiger partial charge in [-0.1, -0.05) is 12.1 Å². The van der Waals surface area contributed by atoms with Gasteiger partial charge in [0, 0.05) is 18.4 Å². The summed E-state index contributed by atoms with van der Waals surface area (Å²) in [6.45, 7) is 0.131. The minimum absolute atomic E-state index is 0.0110. The van der Waals surface area contributed by atoms with E-state index in [9.17, 15) is 30.0 Å². The molecule has 0 saturated heterocycles. The highest BCUT2D eigenvalue weighted by molar-refractivity contribution is 7.90. The summed E-state index contributed by atoms with van der Waals surface area (Å²) in [5, 5.41) is 10.6. The number of pyridine rings is 1. The number of hydrogen-bond acceptors (Lipinski definition) is 10. The third-order valence-corrected chi connectivity index (χ3v) is 8.80. The van der Waals surface area contributed by atoms with Crippen molar-refractivity contribution < 1.29 is 34.7 Å². The van der Waals surface area contributed by atoms with E-state index in [1.165, 1.54) is 43.5 Å². The van der Waals surface area contributed by atoms with E-state index in [1.807, 2.05) is 0 Å². The molecule has 1 saturated carbocycles. The monoisotopic (exact) mass is 622 g/mol. The highest BCUT2D eigenvalue weighted by atomic mass is 32.2. The Labute approximate surface area is 239 Å². The zero-order valence-electron chi connectivity index (χ0n) is 22.2. The summed E-state index contributed by atoms with van der Waals surface area (Å²) in [7, 11) is -6.19. The van der Waals surface area contributed by atoms with Gasteiger partial charge in [0.1, 0.15) is 21.7 Å². The number of halogens is 3. The number of nitrogens with zero attached hydrogens (tertiary/aromatic N) is 3. The van der Waals surface area contributed by atoms with Crippen LogP contribution >= 0.6 is 0 Å². The molecule has 4 aromatic rings. The Morgan fingerprint density at radius 3 is 2.24 bits per heavy atom. The summed E-state index contributed by atoms with van der Waals surface area (Å²) in [4.78, 5) is 13.1. The molecule has 2 aromatic carbocycles.